The van der Waals surface area contributed by atoms with Crippen molar-refractivity contribution in [3.8, 4) is 0 Å². The lowest BCUT2D eigenvalue weighted by Crippen LogP contribution is -2.38. The van der Waals surface area contributed by atoms with Crippen LogP contribution in [0.4, 0.5) is 0 Å². The first kappa shape index (κ1) is 21.4. The van der Waals surface area contributed by atoms with Gasteiger partial charge in [-0.15, -0.1) is 6.58 Å². The Morgan fingerprint density at radius 3 is 2.67 bits per heavy atom. The molecule has 0 N–H and O–H groups in total. The summed E-state index contributed by atoms with van der Waals surface area (Å²) in [6.07, 6.45) is 1.73. The lowest BCUT2D eigenvalue weighted by Gasteiger charge is -2.22. The maximum absolute atomic E-state index is 12.4. The normalized spacial score (nSPS) is 16.4. The first-order valence-electron chi connectivity index (χ1n) is 9.13. The Balaban J connectivity index is 1.75. The van der Waals surface area contributed by atoms with E-state index in [0.717, 1.165) is 31.1 Å². The van der Waals surface area contributed by atoms with Crippen LogP contribution in [0.25, 0.3) is 0 Å². The largest absolute Gasteiger partial charge is 0.454 e. The van der Waals surface area contributed by atoms with E-state index in [-0.39, 0.29) is 19.1 Å². The van der Waals surface area contributed by atoms with Crippen molar-refractivity contribution < 1.29 is 19.1 Å². The number of carbonyl (C=O) groups excluding carboxylic acids is 2. The summed E-state index contributed by atoms with van der Waals surface area (Å²) in [6.45, 7) is 8.93. The molecule has 1 fully saturated rings. The second-order valence-corrected chi connectivity index (χ2v) is 6.95. The van der Waals surface area contributed by atoms with Crippen molar-refractivity contribution in [3.05, 3.63) is 47.5 Å². The van der Waals surface area contributed by atoms with E-state index in [4.69, 9.17) is 21.1 Å². The number of carbonyl (C=O) groups is 2. The van der Waals surface area contributed by atoms with Crippen LogP contribution in [0, 0.1) is 0 Å². The van der Waals surface area contributed by atoms with Crippen molar-refractivity contribution in [3.63, 3.8) is 0 Å². The molecule has 0 aliphatic carbocycles. The Labute approximate surface area is 165 Å². The van der Waals surface area contributed by atoms with Crippen LogP contribution in [0.3, 0.4) is 0 Å². The zero-order valence-corrected chi connectivity index (χ0v) is 16.5. The summed E-state index contributed by atoms with van der Waals surface area (Å²) in [5.74, 6) is -0.711. The second kappa shape index (κ2) is 11.1. The summed E-state index contributed by atoms with van der Waals surface area (Å²) >= 11 is 5.93. The van der Waals surface area contributed by atoms with E-state index in [0.29, 0.717) is 13.1 Å². The first-order valence-corrected chi connectivity index (χ1v) is 9.51. The lowest BCUT2D eigenvalue weighted by molar-refractivity contribution is -0.160. The number of amides is 1. The van der Waals surface area contributed by atoms with Crippen LogP contribution in [0.15, 0.2) is 36.9 Å². The summed E-state index contributed by atoms with van der Waals surface area (Å²) in [4.78, 5) is 28.2. The van der Waals surface area contributed by atoms with E-state index >= 15 is 0 Å². The van der Waals surface area contributed by atoms with Crippen LogP contribution in [-0.2, 0) is 25.6 Å². The van der Waals surface area contributed by atoms with Crippen LogP contribution in [0.5, 0.6) is 0 Å². The number of esters is 1. The topological polar surface area (TPSA) is 59.1 Å². The third kappa shape index (κ3) is 7.33. The van der Waals surface area contributed by atoms with Crippen molar-refractivity contribution in [2.75, 3.05) is 39.4 Å². The van der Waals surface area contributed by atoms with Crippen molar-refractivity contribution >= 4 is 23.5 Å². The Morgan fingerprint density at radius 2 is 1.96 bits per heavy atom. The molecule has 7 heteroatoms. The predicted molar refractivity (Wildman–Crippen MR) is 104 cm³/mol. The maximum Gasteiger partial charge on any atom is 0.335 e. The molecule has 1 aliphatic rings. The number of hydrogen-bond acceptors (Lipinski definition) is 5. The first-order chi connectivity index (χ1) is 13.0. The minimum atomic E-state index is -0.713. The summed E-state index contributed by atoms with van der Waals surface area (Å²) in [7, 11) is 0. The number of rotatable bonds is 8. The molecule has 2 rings (SSSR count). The Bertz CT molecular complexity index is 635. The van der Waals surface area contributed by atoms with Gasteiger partial charge in [-0.05, 0) is 31.0 Å². The molecule has 0 saturated carbocycles. The molecule has 6 nitrogen and oxygen atoms in total. The summed E-state index contributed by atoms with van der Waals surface area (Å²) in [5.41, 5.74) is 1.20. The highest BCUT2D eigenvalue weighted by Gasteiger charge is 2.22. The van der Waals surface area contributed by atoms with Crippen LogP contribution >= 0.6 is 11.6 Å². The van der Waals surface area contributed by atoms with Gasteiger partial charge in [0.25, 0.3) is 5.91 Å². The highest BCUT2D eigenvalue weighted by Crippen LogP contribution is 2.13. The molecular weight excluding hydrogens is 368 g/mol. The van der Waals surface area contributed by atoms with Gasteiger partial charge >= 0.3 is 5.97 Å². The minimum Gasteiger partial charge on any atom is -0.454 e. The van der Waals surface area contributed by atoms with Gasteiger partial charge in [0.1, 0.15) is 0 Å². The average molecular weight is 395 g/mol. The fraction of sp³-hybridized carbons (Fsp3) is 0.500. The van der Waals surface area contributed by atoms with Crippen molar-refractivity contribution in [1.82, 2.24) is 9.80 Å². The van der Waals surface area contributed by atoms with Gasteiger partial charge in [-0.3, -0.25) is 9.69 Å². The molecule has 0 aromatic heterocycles. The highest BCUT2D eigenvalue weighted by molar-refractivity contribution is 6.30. The number of ether oxygens (including phenoxy) is 2. The lowest BCUT2D eigenvalue weighted by atomic mass is 10.2. The van der Waals surface area contributed by atoms with E-state index in [9.17, 15) is 9.59 Å². The quantitative estimate of drug-likeness (QED) is 0.501. The number of hydrogen-bond donors (Lipinski definition) is 0. The predicted octanol–water partition coefficient (Wildman–Crippen LogP) is 2.51. The zero-order chi connectivity index (χ0) is 19.6. The summed E-state index contributed by atoms with van der Waals surface area (Å²) in [5, 5.41) is 0.727. The number of nitrogens with zero attached hydrogens (tertiary/aromatic N) is 2. The van der Waals surface area contributed by atoms with Crippen LogP contribution < -0.4 is 0 Å². The fourth-order valence-corrected chi connectivity index (χ4v) is 2.97. The van der Waals surface area contributed by atoms with E-state index < -0.39 is 12.1 Å². The number of halogens is 1. The van der Waals surface area contributed by atoms with Crippen molar-refractivity contribution in [2.45, 2.75) is 26.0 Å². The summed E-state index contributed by atoms with van der Waals surface area (Å²) < 4.78 is 10.3. The molecule has 1 aromatic rings. The third-order valence-corrected chi connectivity index (χ3v) is 4.65. The monoisotopic (exact) mass is 394 g/mol. The van der Waals surface area contributed by atoms with Gasteiger partial charge in [-0.1, -0.05) is 29.8 Å². The van der Waals surface area contributed by atoms with Gasteiger partial charge in [-0.2, -0.15) is 0 Å². The molecule has 148 valence electrons. The SMILES string of the molecule is C=CCOC(C)C(=O)OCC(=O)N1CCCN(Cc2ccc(Cl)cc2)CC1. The third-order valence-electron chi connectivity index (χ3n) is 4.39. The van der Waals surface area contributed by atoms with E-state index in [1.165, 1.54) is 5.56 Å². The molecule has 1 heterocycles. The van der Waals surface area contributed by atoms with E-state index in [1.54, 1.807) is 17.9 Å². The molecule has 0 bridgehead atoms. The van der Waals surface area contributed by atoms with Crippen LogP contribution in [0.1, 0.15) is 18.9 Å². The van der Waals surface area contributed by atoms with Gasteiger partial charge in [0.15, 0.2) is 12.7 Å². The Hall–Kier alpha value is -1.89. The molecule has 1 amide bonds. The molecule has 1 aliphatic heterocycles. The van der Waals surface area contributed by atoms with Crippen LogP contribution in [-0.4, -0.2) is 67.2 Å². The maximum atomic E-state index is 12.4. The Kier molecular flexibility index (Phi) is 8.78. The molecule has 1 unspecified atom stereocenters. The Morgan fingerprint density at radius 1 is 1.22 bits per heavy atom. The fourth-order valence-electron chi connectivity index (χ4n) is 2.85. The smallest absolute Gasteiger partial charge is 0.335 e. The molecule has 1 atom stereocenters. The highest BCUT2D eigenvalue weighted by atomic mass is 35.5. The van der Waals surface area contributed by atoms with Crippen molar-refractivity contribution in [1.29, 1.82) is 0 Å². The molecule has 1 saturated heterocycles. The van der Waals surface area contributed by atoms with E-state index in [1.807, 2.05) is 24.3 Å². The summed E-state index contributed by atoms with van der Waals surface area (Å²) in [6, 6.07) is 7.81. The molecule has 0 spiro atoms. The average Bonchev–Trinajstić information content (AvgIpc) is 2.91. The molecule has 1 aromatic carbocycles. The van der Waals surface area contributed by atoms with Gasteiger partial charge in [-0.25, -0.2) is 4.79 Å². The van der Waals surface area contributed by atoms with Gasteiger partial charge < -0.3 is 14.4 Å². The van der Waals surface area contributed by atoms with E-state index in [2.05, 4.69) is 11.5 Å². The second-order valence-electron chi connectivity index (χ2n) is 6.51. The standard InChI is InChI=1S/C20H27ClN2O4/c1-3-13-26-16(2)20(25)27-15-19(24)23-10-4-9-22(11-12-23)14-17-5-7-18(21)8-6-17/h3,5-8,16H,1,4,9-15H2,2H3. The van der Waals surface area contributed by atoms with Crippen LogP contribution in [0.2, 0.25) is 5.02 Å². The molecule has 27 heavy (non-hydrogen) atoms. The minimum absolute atomic E-state index is 0.174. The van der Waals surface area contributed by atoms with Crippen molar-refractivity contribution in [2.24, 2.45) is 0 Å². The number of benzene rings is 1. The van der Waals surface area contributed by atoms with Gasteiger partial charge in [0.05, 0.1) is 6.61 Å². The molecule has 0 radical (unpaired) electrons. The zero-order valence-electron chi connectivity index (χ0n) is 15.7. The van der Waals surface area contributed by atoms with Gasteiger partial charge in [0.2, 0.25) is 0 Å². The molecular formula is C20H27ClN2O4. The van der Waals surface area contributed by atoms with Gasteiger partial charge in [0, 0.05) is 37.7 Å².